The van der Waals surface area contributed by atoms with Gasteiger partial charge in [0.1, 0.15) is 12.1 Å². The highest BCUT2D eigenvalue weighted by Crippen LogP contribution is 2.43. The van der Waals surface area contributed by atoms with Gasteiger partial charge in [0.05, 0.1) is 19.8 Å². The van der Waals surface area contributed by atoms with Crippen molar-refractivity contribution in [1.82, 2.24) is 0 Å². The van der Waals surface area contributed by atoms with Gasteiger partial charge in [0.2, 0.25) is 0 Å². The van der Waals surface area contributed by atoms with Crippen molar-refractivity contribution in [2.75, 3.05) is 26.4 Å². The molecule has 0 bridgehead atoms. The number of hydrogen-bond acceptors (Lipinski definition) is 8. The number of aliphatic carboxylic acids is 1. The smallest absolute Gasteiger partial charge is 0.472 e. The lowest BCUT2D eigenvalue weighted by molar-refractivity contribution is -0.154. The van der Waals surface area contributed by atoms with Crippen LogP contribution in [-0.4, -0.2) is 60.5 Å². The quantitative estimate of drug-likeness (QED) is 0.0239. The van der Waals surface area contributed by atoms with Gasteiger partial charge >= 0.3 is 19.8 Å². The third kappa shape index (κ3) is 36.5. The van der Waals surface area contributed by atoms with Gasteiger partial charge in [-0.1, -0.05) is 140 Å². The molecule has 0 aliphatic heterocycles. The summed E-state index contributed by atoms with van der Waals surface area (Å²) in [6.07, 6.45) is 40.5. The van der Waals surface area contributed by atoms with E-state index >= 15 is 0 Å². The van der Waals surface area contributed by atoms with Gasteiger partial charge in [-0.3, -0.25) is 18.6 Å². The zero-order valence-corrected chi connectivity index (χ0v) is 33.8. The van der Waals surface area contributed by atoms with Crippen LogP contribution in [0.15, 0.2) is 36.5 Å². The maximum atomic E-state index is 12.6. The Kier molecular flexibility index (Phi) is 36.2. The maximum Gasteiger partial charge on any atom is 0.472 e. The molecule has 0 aromatic heterocycles. The third-order valence-electron chi connectivity index (χ3n) is 8.62. The van der Waals surface area contributed by atoms with Crippen LogP contribution >= 0.6 is 7.82 Å². The average molecular weight is 758 g/mol. The van der Waals surface area contributed by atoms with Crippen LogP contribution in [-0.2, 0) is 32.7 Å². The Bertz CT molecular complexity index is 972. The molecule has 0 heterocycles. The lowest BCUT2D eigenvalue weighted by Crippen LogP contribution is -2.34. The zero-order chi connectivity index (χ0) is 38.4. The largest absolute Gasteiger partial charge is 0.480 e. The normalized spacial score (nSPS) is 14.4. The number of carboxylic acid groups (broad SMARTS) is 1. The molecule has 0 aliphatic carbocycles. The van der Waals surface area contributed by atoms with Gasteiger partial charge in [-0.2, -0.15) is 0 Å². The molecule has 0 saturated heterocycles. The highest BCUT2D eigenvalue weighted by atomic mass is 31.2. The molecule has 11 heteroatoms. The zero-order valence-electron chi connectivity index (χ0n) is 32.9. The van der Waals surface area contributed by atoms with Gasteiger partial charge in [0.25, 0.3) is 0 Å². The number of phosphoric acid groups is 1. The van der Waals surface area contributed by atoms with Crippen molar-refractivity contribution >= 4 is 19.8 Å². The van der Waals surface area contributed by atoms with Gasteiger partial charge < -0.3 is 25.2 Å². The van der Waals surface area contributed by atoms with Crippen molar-refractivity contribution in [3.63, 3.8) is 0 Å². The predicted octanol–water partition coefficient (Wildman–Crippen LogP) is 10.9. The number of allylic oxidation sites excluding steroid dienone is 6. The molecule has 0 aliphatic rings. The van der Waals surface area contributed by atoms with Crippen molar-refractivity contribution in [2.45, 2.75) is 187 Å². The Morgan fingerprint density at radius 3 is 1.65 bits per heavy atom. The van der Waals surface area contributed by atoms with Gasteiger partial charge in [-0.05, 0) is 64.2 Å². The summed E-state index contributed by atoms with van der Waals surface area (Å²) in [5.41, 5.74) is 5.34. The number of hydrogen-bond donors (Lipinski definition) is 3. The summed E-state index contributed by atoms with van der Waals surface area (Å²) < 4.78 is 33.2. The van der Waals surface area contributed by atoms with E-state index in [1.807, 2.05) is 0 Å². The number of phosphoric ester groups is 1. The van der Waals surface area contributed by atoms with Crippen molar-refractivity contribution in [3.05, 3.63) is 36.5 Å². The molecule has 3 atom stereocenters. The molecule has 3 unspecified atom stereocenters. The molecule has 0 amide bonds. The SMILES string of the molecule is CCC/C=C\CCCCCCCCOCC(COP(=O)(O)OCC(N)C(=O)O)OC(=O)CCCCCCCCCCC/C=C\C/C=C\CCCCC. The highest BCUT2D eigenvalue weighted by Gasteiger charge is 2.27. The van der Waals surface area contributed by atoms with E-state index < -0.39 is 45.1 Å². The van der Waals surface area contributed by atoms with Gasteiger partial charge in [0.15, 0.2) is 0 Å². The van der Waals surface area contributed by atoms with Crippen LogP contribution in [0.5, 0.6) is 0 Å². The number of carbonyl (C=O) groups excluding carboxylic acids is 1. The molecular weight excluding hydrogens is 681 g/mol. The highest BCUT2D eigenvalue weighted by molar-refractivity contribution is 7.47. The summed E-state index contributed by atoms with van der Waals surface area (Å²) in [5.74, 6) is -1.79. The van der Waals surface area contributed by atoms with Gasteiger partial charge in [0, 0.05) is 13.0 Å². The standard InChI is InChI=1S/C41H76NO9P/c1-3-5-7-9-11-13-15-16-17-18-19-20-21-22-23-25-27-29-31-33-40(43)51-38(36-49-52(46,47)50-37-39(42)41(44)45)35-48-34-32-30-28-26-24-14-12-10-8-6-4-2/h8,10-11,13,16-17,38-39H,3-7,9,12,14-15,18-37,42H2,1-2H3,(H,44,45)(H,46,47)/b10-8-,13-11-,17-16-. The first-order valence-corrected chi connectivity index (χ1v) is 22.0. The average Bonchev–Trinajstić information content (AvgIpc) is 3.12. The molecule has 0 aromatic carbocycles. The second-order valence-electron chi connectivity index (χ2n) is 13.8. The van der Waals surface area contributed by atoms with E-state index in [4.69, 9.17) is 29.4 Å². The maximum absolute atomic E-state index is 12.6. The van der Waals surface area contributed by atoms with Crippen LogP contribution < -0.4 is 5.73 Å². The molecule has 0 rings (SSSR count). The van der Waals surface area contributed by atoms with E-state index in [2.05, 4.69) is 50.3 Å². The monoisotopic (exact) mass is 758 g/mol. The topological polar surface area (TPSA) is 155 Å². The van der Waals surface area contributed by atoms with Crippen LogP contribution in [0.1, 0.15) is 174 Å². The summed E-state index contributed by atoms with van der Waals surface area (Å²) in [4.78, 5) is 33.4. The van der Waals surface area contributed by atoms with Crippen LogP contribution in [0, 0.1) is 0 Å². The lowest BCUT2D eigenvalue weighted by atomic mass is 10.1. The number of carbonyl (C=O) groups is 2. The summed E-state index contributed by atoms with van der Waals surface area (Å²) >= 11 is 0. The Morgan fingerprint density at radius 2 is 1.10 bits per heavy atom. The summed E-state index contributed by atoms with van der Waals surface area (Å²) in [6, 6.07) is -1.47. The Morgan fingerprint density at radius 1 is 0.615 bits per heavy atom. The van der Waals surface area contributed by atoms with Crippen molar-refractivity contribution in [3.8, 4) is 0 Å². The second kappa shape index (κ2) is 37.5. The fourth-order valence-electron chi connectivity index (χ4n) is 5.40. The van der Waals surface area contributed by atoms with Crippen LogP contribution in [0.3, 0.4) is 0 Å². The summed E-state index contributed by atoms with van der Waals surface area (Å²) in [6.45, 7) is 3.78. The lowest BCUT2D eigenvalue weighted by Gasteiger charge is -2.20. The molecule has 52 heavy (non-hydrogen) atoms. The van der Waals surface area contributed by atoms with Crippen LogP contribution in [0.25, 0.3) is 0 Å². The minimum Gasteiger partial charge on any atom is -0.480 e. The van der Waals surface area contributed by atoms with Crippen molar-refractivity contribution < 1.29 is 42.7 Å². The fourth-order valence-corrected chi connectivity index (χ4v) is 6.18. The predicted molar refractivity (Wildman–Crippen MR) is 212 cm³/mol. The number of unbranched alkanes of at least 4 members (excludes halogenated alkanes) is 19. The molecule has 0 fully saturated rings. The van der Waals surface area contributed by atoms with Crippen LogP contribution in [0.4, 0.5) is 0 Å². The molecule has 10 nitrogen and oxygen atoms in total. The van der Waals surface area contributed by atoms with E-state index in [1.54, 1.807) is 0 Å². The van der Waals surface area contributed by atoms with Crippen LogP contribution in [0.2, 0.25) is 0 Å². The molecule has 304 valence electrons. The number of ether oxygens (including phenoxy) is 2. The van der Waals surface area contributed by atoms with Gasteiger partial charge in [-0.25, -0.2) is 4.57 Å². The van der Waals surface area contributed by atoms with Crippen molar-refractivity contribution in [1.29, 1.82) is 0 Å². The first-order chi connectivity index (χ1) is 25.2. The molecule has 0 saturated carbocycles. The fraction of sp³-hybridized carbons (Fsp3) is 0.805. The molecular formula is C41H76NO9P. The number of rotatable bonds is 39. The van der Waals surface area contributed by atoms with E-state index in [9.17, 15) is 19.0 Å². The minimum absolute atomic E-state index is 0.0112. The third-order valence-corrected chi connectivity index (χ3v) is 9.57. The number of nitrogens with two attached hydrogens (primary N) is 1. The summed E-state index contributed by atoms with van der Waals surface area (Å²) in [7, 11) is -4.61. The Labute approximate surface area is 317 Å². The Hall–Kier alpha value is -1.81. The first-order valence-electron chi connectivity index (χ1n) is 20.5. The van der Waals surface area contributed by atoms with E-state index in [-0.39, 0.29) is 13.0 Å². The molecule has 4 N–H and O–H groups in total. The van der Waals surface area contributed by atoms with E-state index in [1.165, 1.54) is 83.5 Å². The van der Waals surface area contributed by atoms with E-state index in [0.29, 0.717) is 13.0 Å². The van der Waals surface area contributed by atoms with Crippen molar-refractivity contribution in [2.24, 2.45) is 5.73 Å². The number of esters is 1. The minimum atomic E-state index is -4.61. The van der Waals surface area contributed by atoms with Gasteiger partial charge in [-0.15, -0.1) is 0 Å². The van der Waals surface area contributed by atoms with E-state index in [0.717, 1.165) is 64.2 Å². The molecule has 0 aromatic rings. The number of carboxylic acids is 1. The second-order valence-corrected chi connectivity index (χ2v) is 15.2. The first kappa shape index (κ1) is 50.2. The molecule has 0 spiro atoms. The summed E-state index contributed by atoms with van der Waals surface area (Å²) in [5, 5.41) is 8.87. The molecule has 0 radical (unpaired) electrons. The Balaban J connectivity index is 4.23.